The van der Waals surface area contributed by atoms with E-state index in [1.807, 2.05) is 6.92 Å². The summed E-state index contributed by atoms with van der Waals surface area (Å²) in [6.45, 7) is 5.38. The molecule has 2 fully saturated rings. The van der Waals surface area contributed by atoms with Crippen molar-refractivity contribution in [3.05, 3.63) is 0 Å². The second kappa shape index (κ2) is 6.53. The van der Waals surface area contributed by atoms with E-state index in [1.165, 1.54) is 6.42 Å². The minimum absolute atomic E-state index is 0.186. The highest BCUT2D eigenvalue weighted by Gasteiger charge is 2.33. The highest BCUT2D eigenvalue weighted by Crippen LogP contribution is 2.28. The van der Waals surface area contributed by atoms with Crippen LogP contribution < -0.4 is 5.73 Å². The summed E-state index contributed by atoms with van der Waals surface area (Å²) in [7, 11) is 0. The standard InChI is InChI=1S/C14H26N2O2/c1-2-18-10-11-4-3-7-16(9-11)14(17)12-5-6-13(15)8-12/h11-13H,2-10,15H2,1H3. The summed E-state index contributed by atoms with van der Waals surface area (Å²) < 4.78 is 5.49. The molecule has 1 saturated heterocycles. The number of amides is 1. The van der Waals surface area contributed by atoms with Crippen LogP contribution >= 0.6 is 0 Å². The molecule has 1 aliphatic heterocycles. The number of rotatable bonds is 4. The second-order valence-corrected chi connectivity index (χ2v) is 5.72. The molecule has 0 bridgehead atoms. The summed E-state index contributed by atoms with van der Waals surface area (Å²) in [5.74, 6) is 1.05. The Labute approximate surface area is 110 Å². The van der Waals surface area contributed by atoms with Gasteiger partial charge in [0.15, 0.2) is 0 Å². The molecule has 0 aromatic rings. The molecule has 0 aromatic carbocycles. The van der Waals surface area contributed by atoms with Gasteiger partial charge in [-0.3, -0.25) is 4.79 Å². The molecular weight excluding hydrogens is 228 g/mol. The minimum atomic E-state index is 0.186. The number of carbonyl (C=O) groups is 1. The maximum absolute atomic E-state index is 12.4. The molecule has 104 valence electrons. The first-order valence-electron chi connectivity index (χ1n) is 7.32. The van der Waals surface area contributed by atoms with Crippen molar-refractivity contribution in [2.75, 3.05) is 26.3 Å². The Kier molecular flexibility index (Phi) is 5.01. The number of hydrogen-bond donors (Lipinski definition) is 1. The first-order chi connectivity index (χ1) is 8.70. The van der Waals surface area contributed by atoms with Gasteiger partial charge < -0.3 is 15.4 Å². The fourth-order valence-corrected chi connectivity index (χ4v) is 3.18. The Morgan fingerprint density at radius 3 is 2.89 bits per heavy atom. The molecule has 2 aliphatic rings. The third kappa shape index (κ3) is 3.45. The van der Waals surface area contributed by atoms with Crippen LogP contribution in [-0.4, -0.2) is 43.2 Å². The maximum Gasteiger partial charge on any atom is 0.225 e. The lowest BCUT2D eigenvalue weighted by atomic mass is 9.96. The van der Waals surface area contributed by atoms with Crippen LogP contribution in [0.1, 0.15) is 39.0 Å². The van der Waals surface area contributed by atoms with Gasteiger partial charge in [0.2, 0.25) is 5.91 Å². The van der Waals surface area contributed by atoms with Crippen molar-refractivity contribution in [1.82, 2.24) is 4.90 Å². The summed E-state index contributed by atoms with van der Waals surface area (Å²) in [5, 5.41) is 0. The third-order valence-corrected chi connectivity index (χ3v) is 4.21. The number of hydrogen-bond acceptors (Lipinski definition) is 3. The molecular formula is C14H26N2O2. The van der Waals surface area contributed by atoms with E-state index in [9.17, 15) is 4.79 Å². The zero-order valence-electron chi connectivity index (χ0n) is 11.4. The Bertz CT molecular complexity index is 283. The van der Waals surface area contributed by atoms with Gasteiger partial charge in [0.1, 0.15) is 0 Å². The van der Waals surface area contributed by atoms with Crippen LogP contribution in [0, 0.1) is 11.8 Å². The Hall–Kier alpha value is -0.610. The van der Waals surface area contributed by atoms with Crippen LogP contribution in [0.15, 0.2) is 0 Å². The molecule has 3 atom stereocenters. The van der Waals surface area contributed by atoms with Crippen LogP contribution in [0.3, 0.4) is 0 Å². The zero-order valence-corrected chi connectivity index (χ0v) is 11.4. The van der Waals surface area contributed by atoms with Gasteiger partial charge in [0.25, 0.3) is 0 Å². The van der Waals surface area contributed by atoms with Gasteiger partial charge in [-0.25, -0.2) is 0 Å². The van der Waals surface area contributed by atoms with Crippen molar-refractivity contribution in [3.63, 3.8) is 0 Å². The van der Waals surface area contributed by atoms with Crippen LogP contribution in [0.4, 0.5) is 0 Å². The Morgan fingerprint density at radius 1 is 1.39 bits per heavy atom. The molecule has 18 heavy (non-hydrogen) atoms. The van der Waals surface area contributed by atoms with Crippen molar-refractivity contribution >= 4 is 5.91 Å². The van der Waals surface area contributed by atoms with Gasteiger partial charge in [-0.2, -0.15) is 0 Å². The monoisotopic (exact) mass is 254 g/mol. The fraction of sp³-hybridized carbons (Fsp3) is 0.929. The van der Waals surface area contributed by atoms with Crippen LogP contribution in [0.25, 0.3) is 0 Å². The lowest BCUT2D eigenvalue weighted by Crippen LogP contribution is -2.43. The van der Waals surface area contributed by atoms with Gasteiger partial charge >= 0.3 is 0 Å². The van der Waals surface area contributed by atoms with Crippen molar-refractivity contribution < 1.29 is 9.53 Å². The number of piperidine rings is 1. The average molecular weight is 254 g/mol. The number of ether oxygens (including phenoxy) is 1. The predicted octanol–water partition coefficient (Wildman–Crippen LogP) is 1.39. The van der Waals surface area contributed by atoms with Gasteiger partial charge in [0.05, 0.1) is 6.61 Å². The summed E-state index contributed by atoms with van der Waals surface area (Å²) in [6.07, 6.45) is 5.17. The zero-order chi connectivity index (χ0) is 13.0. The van der Waals surface area contributed by atoms with E-state index in [1.54, 1.807) is 0 Å². The molecule has 0 radical (unpaired) electrons. The third-order valence-electron chi connectivity index (χ3n) is 4.21. The fourth-order valence-electron chi connectivity index (χ4n) is 3.18. The van der Waals surface area contributed by atoms with Gasteiger partial charge in [-0.1, -0.05) is 0 Å². The quantitative estimate of drug-likeness (QED) is 0.825. The minimum Gasteiger partial charge on any atom is -0.381 e. The summed E-state index contributed by atoms with van der Waals surface area (Å²) in [4.78, 5) is 14.4. The van der Waals surface area contributed by atoms with Gasteiger partial charge in [-0.05, 0) is 44.9 Å². The van der Waals surface area contributed by atoms with Crippen molar-refractivity contribution in [1.29, 1.82) is 0 Å². The van der Waals surface area contributed by atoms with Crippen molar-refractivity contribution in [3.8, 4) is 0 Å². The largest absolute Gasteiger partial charge is 0.381 e. The highest BCUT2D eigenvalue weighted by atomic mass is 16.5. The Balaban J connectivity index is 1.82. The molecule has 1 saturated carbocycles. The lowest BCUT2D eigenvalue weighted by molar-refractivity contribution is -0.137. The molecule has 0 spiro atoms. The van der Waals surface area contributed by atoms with Gasteiger partial charge in [-0.15, -0.1) is 0 Å². The number of nitrogens with two attached hydrogens (primary N) is 1. The first-order valence-corrected chi connectivity index (χ1v) is 7.32. The molecule has 1 amide bonds. The summed E-state index contributed by atoms with van der Waals surface area (Å²) in [6, 6.07) is 0.239. The molecule has 1 heterocycles. The summed E-state index contributed by atoms with van der Waals surface area (Å²) >= 11 is 0. The van der Waals surface area contributed by atoms with E-state index in [0.29, 0.717) is 11.8 Å². The SMILES string of the molecule is CCOCC1CCCN(C(=O)C2CCC(N)C2)C1. The van der Waals surface area contributed by atoms with E-state index >= 15 is 0 Å². The van der Waals surface area contributed by atoms with E-state index in [0.717, 1.165) is 52.0 Å². The molecule has 0 aromatic heterocycles. The molecule has 2 rings (SSSR count). The molecule has 4 nitrogen and oxygen atoms in total. The first kappa shape index (κ1) is 13.8. The Morgan fingerprint density at radius 2 is 2.22 bits per heavy atom. The van der Waals surface area contributed by atoms with Crippen molar-refractivity contribution in [2.24, 2.45) is 17.6 Å². The van der Waals surface area contributed by atoms with Crippen molar-refractivity contribution in [2.45, 2.75) is 45.1 Å². The summed E-state index contributed by atoms with van der Waals surface area (Å²) in [5.41, 5.74) is 5.89. The number of likely N-dealkylation sites (tertiary alicyclic amines) is 1. The van der Waals surface area contributed by atoms with Crippen LogP contribution in [-0.2, 0) is 9.53 Å². The molecule has 1 aliphatic carbocycles. The smallest absolute Gasteiger partial charge is 0.225 e. The highest BCUT2D eigenvalue weighted by molar-refractivity contribution is 5.79. The predicted molar refractivity (Wildman–Crippen MR) is 71.1 cm³/mol. The molecule has 3 unspecified atom stereocenters. The van der Waals surface area contributed by atoms with E-state index in [4.69, 9.17) is 10.5 Å². The van der Waals surface area contributed by atoms with E-state index < -0.39 is 0 Å². The van der Waals surface area contributed by atoms with Gasteiger partial charge in [0, 0.05) is 31.7 Å². The molecule has 2 N–H and O–H groups in total. The van der Waals surface area contributed by atoms with E-state index in [2.05, 4.69) is 4.90 Å². The normalized spacial score (nSPS) is 32.8. The average Bonchev–Trinajstić information content (AvgIpc) is 2.82. The van der Waals surface area contributed by atoms with Crippen LogP contribution in [0.2, 0.25) is 0 Å². The lowest BCUT2D eigenvalue weighted by Gasteiger charge is -2.34. The maximum atomic E-state index is 12.4. The second-order valence-electron chi connectivity index (χ2n) is 5.72. The number of carbonyl (C=O) groups excluding carboxylic acids is 1. The molecule has 4 heteroatoms. The topological polar surface area (TPSA) is 55.6 Å². The van der Waals surface area contributed by atoms with Crippen LogP contribution in [0.5, 0.6) is 0 Å². The number of nitrogens with zero attached hydrogens (tertiary/aromatic N) is 1. The van der Waals surface area contributed by atoms with E-state index in [-0.39, 0.29) is 12.0 Å².